The van der Waals surface area contributed by atoms with Gasteiger partial charge in [0.2, 0.25) is 11.8 Å². The Hall–Kier alpha value is -9.74. The minimum Gasteiger partial charge on any atom is -0.481 e. The second-order valence-corrected chi connectivity index (χ2v) is 42.4. The Balaban J connectivity index is 0.000000163. The summed E-state index contributed by atoms with van der Waals surface area (Å²) in [5, 5.41) is 82.1. The summed E-state index contributed by atoms with van der Waals surface area (Å²) in [6.07, 6.45) is 9.96. The molecule has 2 heterocycles. The summed E-state index contributed by atoms with van der Waals surface area (Å²) in [6.45, 7) is 29.1. The molecule has 10 aliphatic rings. The molecule has 10 fully saturated rings. The Labute approximate surface area is 763 Å². The van der Waals surface area contributed by atoms with Crippen molar-refractivity contribution in [2.45, 2.75) is 374 Å². The Bertz CT molecular complexity index is 4600. The zero-order valence-electron chi connectivity index (χ0n) is 78.6. The third kappa shape index (κ3) is 29.1. The van der Waals surface area contributed by atoms with E-state index in [1.54, 1.807) is 67.2 Å². The van der Waals surface area contributed by atoms with Crippen molar-refractivity contribution in [2.24, 2.45) is 33.9 Å². The van der Waals surface area contributed by atoms with Crippen LogP contribution in [0.25, 0.3) is 0 Å². The Kier molecular flexibility index (Phi) is 32.6. The van der Waals surface area contributed by atoms with Crippen molar-refractivity contribution in [1.82, 2.24) is 51.3 Å². The molecule has 10 saturated carbocycles. The minimum absolute atomic E-state index is 0.0370. The lowest BCUT2D eigenvalue weighted by Crippen LogP contribution is -2.49. The van der Waals surface area contributed by atoms with E-state index < -0.39 is 100 Å². The predicted octanol–water partition coefficient (Wildman–Crippen LogP) is 13.3. The molecule has 5 amide bonds. The minimum atomic E-state index is -0.898. The van der Waals surface area contributed by atoms with Crippen molar-refractivity contribution in [1.29, 1.82) is 0 Å². The number of hydrogen-bond donors (Lipinski definition) is 12. The molecule has 12 unspecified atom stereocenters. The fourth-order valence-electron chi connectivity index (χ4n) is 17.7. The second-order valence-electron chi connectivity index (χ2n) is 42.4. The number of carboxylic acid groups (broad SMARTS) is 1. The van der Waals surface area contributed by atoms with Crippen molar-refractivity contribution in [3.63, 3.8) is 0 Å². The number of aliphatic hydroxyl groups is 4. The number of hydrogen-bond acceptors (Lipinski definition) is 27. The number of nitrogens with two attached hydrogens (primary N) is 2. The van der Waals surface area contributed by atoms with Gasteiger partial charge in [-0.2, -0.15) is 9.97 Å². The van der Waals surface area contributed by atoms with Gasteiger partial charge in [0.1, 0.15) is 33.8 Å². The van der Waals surface area contributed by atoms with E-state index in [2.05, 4.69) is 96.1 Å². The molecule has 130 heavy (non-hydrogen) atoms. The lowest BCUT2D eigenvalue weighted by molar-refractivity contribution is -0.148. The first-order valence-corrected chi connectivity index (χ1v) is 46.4. The summed E-state index contributed by atoms with van der Waals surface area (Å²) >= 11 is 0. The van der Waals surface area contributed by atoms with Crippen LogP contribution >= 0.6 is 0 Å². The number of esters is 1. The molecule has 0 bridgehead atoms. The van der Waals surface area contributed by atoms with E-state index >= 15 is 0 Å². The predicted molar refractivity (Wildman–Crippen MR) is 481 cm³/mol. The van der Waals surface area contributed by atoms with E-state index in [1.165, 1.54) is 30.2 Å². The number of aliphatic hydroxyl groups excluding tert-OH is 4. The number of amidine groups is 1. The fourth-order valence-corrected chi connectivity index (χ4v) is 17.7. The van der Waals surface area contributed by atoms with Gasteiger partial charge in [-0.05, 0) is 255 Å². The molecule has 18 atom stereocenters. The van der Waals surface area contributed by atoms with Crippen LogP contribution in [-0.2, 0) is 48.8 Å². The molecule has 0 radical (unpaired) electrons. The SMILES string of the molecule is CC(C)(C)OC(=O)N(CC1(C(N)=NO)CC1)[C@@H]1C[C@H]1c1ccccc1.CC(C)(C)OC(=O)NC1CCC(C(=O)O)CC1O.CC(C)(C)OC(=O)NC1CCC(c2nc(C3(CN(C(=O)OC(C)(C)C)[C@@H]4C[C@H]4c4ccccc4)CC3)no2)CC1O.COC(=O)C1CCC(NC(=O)OC(C)(C)C)C(O)C1.NC1CCC(c2nc(C3(CN[C@@H]4C[C@H]4c4ccccc4)CC3)no2)CC1O. The molecule has 15 rings (SSSR count). The molecule has 0 aliphatic heterocycles. The number of nitrogens with one attached hydrogen (secondary N) is 4. The Morgan fingerprint density at radius 3 is 1.22 bits per heavy atom. The number of carbonyl (C=O) groups excluding carboxylic acids is 6. The van der Waals surface area contributed by atoms with Gasteiger partial charge in [0.05, 0.1) is 66.9 Å². The summed E-state index contributed by atoms with van der Waals surface area (Å²) in [4.78, 5) is 96.9. The summed E-state index contributed by atoms with van der Waals surface area (Å²) in [7, 11) is 1.33. The molecular weight excluding hydrogens is 1670 g/mol. The van der Waals surface area contributed by atoms with E-state index in [1.807, 2.05) is 82.8 Å². The number of carbonyl (C=O) groups is 7. The largest absolute Gasteiger partial charge is 0.481 e. The highest BCUT2D eigenvalue weighted by molar-refractivity contribution is 5.89. The van der Waals surface area contributed by atoms with Gasteiger partial charge in [-0.15, -0.1) is 0 Å². The van der Waals surface area contributed by atoms with Gasteiger partial charge in [-0.1, -0.05) is 106 Å². The van der Waals surface area contributed by atoms with Crippen LogP contribution in [0.5, 0.6) is 0 Å². The van der Waals surface area contributed by atoms with Crippen LogP contribution in [0.15, 0.2) is 105 Å². The molecule has 34 heteroatoms. The van der Waals surface area contributed by atoms with E-state index in [-0.39, 0.29) is 89.1 Å². The van der Waals surface area contributed by atoms with Crippen LogP contribution < -0.4 is 32.7 Å². The number of amides is 5. The lowest BCUT2D eigenvalue weighted by Gasteiger charge is -2.32. The third-order valence-electron chi connectivity index (χ3n) is 25.7. The highest BCUT2D eigenvalue weighted by atomic mass is 16.6. The maximum absolute atomic E-state index is 13.4. The monoisotopic (exact) mass is 1810 g/mol. The van der Waals surface area contributed by atoms with Crippen molar-refractivity contribution in [2.75, 3.05) is 26.7 Å². The molecule has 14 N–H and O–H groups in total. The molecule has 5 aromatic rings. The zero-order chi connectivity index (χ0) is 94.8. The first-order chi connectivity index (χ1) is 61.0. The smallest absolute Gasteiger partial charge is 0.410 e. The van der Waals surface area contributed by atoms with E-state index in [4.69, 9.17) is 64.5 Å². The molecule has 34 nitrogen and oxygen atoms in total. The molecule has 0 saturated heterocycles. The van der Waals surface area contributed by atoms with E-state index in [0.717, 1.165) is 76.6 Å². The fraction of sp³-hybridized carbons (Fsp3) is 0.688. The lowest BCUT2D eigenvalue weighted by atomic mass is 9.84. The van der Waals surface area contributed by atoms with Crippen LogP contribution in [0.3, 0.4) is 0 Å². The van der Waals surface area contributed by atoms with E-state index in [0.29, 0.717) is 106 Å². The number of carboxylic acids is 1. The van der Waals surface area contributed by atoms with E-state index in [9.17, 15) is 54.0 Å². The summed E-state index contributed by atoms with van der Waals surface area (Å²) < 4.78 is 43.0. The van der Waals surface area contributed by atoms with Gasteiger partial charge in [0, 0.05) is 84.2 Å². The molecule has 10 aliphatic carbocycles. The number of oxime groups is 1. The number of aromatic nitrogens is 4. The zero-order valence-corrected chi connectivity index (χ0v) is 78.6. The van der Waals surface area contributed by atoms with Crippen LogP contribution in [-0.4, -0.2) is 231 Å². The summed E-state index contributed by atoms with van der Waals surface area (Å²) in [6, 6.07) is 30.6. The van der Waals surface area contributed by atoms with Crippen molar-refractivity contribution in [3.05, 3.63) is 131 Å². The second kappa shape index (κ2) is 42.0. The van der Waals surface area contributed by atoms with Gasteiger partial charge in [0.25, 0.3) is 0 Å². The topological polar surface area (TPSA) is 493 Å². The number of ether oxygens (including phenoxy) is 6. The molecule has 3 aromatic carbocycles. The number of rotatable bonds is 22. The summed E-state index contributed by atoms with van der Waals surface area (Å²) in [5.74, 6) is 2.06. The average molecular weight is 1820 g/mol. The average Bonchev–Trinajstić information content (AvgIpc) is 1.57. The maximum Gasteiger partial charge on any atom is 0.410 e. The molecule has 0 spiro atoms. The molecular formula is C96H143N13O21. The van der Waals surface area contributed by atoms with Crippen LogP contribution in [0.1, 0.15) is 308 Å². The number of aliphatic carboxylic acids is 1. The number of alkyl carbamates (subject to hydrolysis) is 3. The van der Waals surface area contributed by atoms with Gasteiger partial charge < -0.3 is 111 Å². The van der Waals surface area contributed by atoms with Crippen molar-refractivity contribution in [3.8, 4) is 0 Å². The van der Waals surface area contributed by atoms with Gasteiger partial charge >= 0.3 is 42.4 Å². The van der Waals surface area contributed by atoms with Gasteiger partial charge in [0.15, 0.2) is 11.6 Å². The van der Waals surface area contributed by atoms with Gasteiger partial charge in [-0.3, -0.25) is 9.59 Å². The normalized spacial score (nSPS) is 28.4. The highest BCUT2D eigenvalue weighted by Gasteiger charge is 2.58. The highest BCUT2D eigenvalue weighted by Crippen LogP contribution is 2.55. The standard InChI is InChI=1S/C31H44N4O6.C21H28N4O2.C19H27N3O3.C13H23NO5.C12H21NO5/c1-29(2,3)39-27(37)32-22-13-12-20(16-24(22)36)25-33-26(34-41-25)31(14-15-31)18-35(28(38)40-30(4,5)6)23-17-21(23)19-10-8-7-9-11-19;22-16-7-6-14(10-18(16)26)19-24-20(25-27-19)21(8-9-21)12-23-17-11-15(17)13-4-2-1-3-5-13;1-18(2,3)25-17(23)22(12-19(9-10-19)16(20)21-24)15-11-14(15)13-7-5-4-6-8-13;1-13(2,3)19-12(17)14-9-6-5-8(7-10(9)15)11(16)18-4;1-12(2,3)18-11(17)13-8-5-4-7(10(15)16)6-9(8)14/h7-11,20-24,36H,12-18H2,1-6H3,(H,32,37);1-5,14-18,23,26H,6-12,22H2;4-8,14-15,24H,9-12H2,1-3H3,(H2,20,21);8-10,15H,5-7H2,1-4H3,(H,14,17);7-9,14H,4-6H2,1-3H3,(H,13,17)(H,15,16)/t20?,21-,22?,23+,24?;14?,15-,16?,17+,18?;14-,15+;;/m000../s1. The Morgan fingerprint density at radius 1 is 0.462 bits per heavy atom. The first kappa shape index (κ1) is 101. The first-order valence-electron chi connectivity index (χ1n) is 46.4. The van der Waals surface area contributed by atoms with Gasteiger partial charge in [-0.25, -0.2) is 24.0 Å². The number of benzene rings is 3. The maximum atomic E-state index is 13.4. The quantitative estimate of drug-likeness (QED) is 0.00764. The number of nitrogens with zero attached hydrogens (tertiary/aromatic N) is 7. The van der Waals surface area contributed by atoms with Crippen molar-refractivity contribution < 1.29 is 102 Å². The van der Waals surface area contributed by atoms with Crippen molar-refractivity contribution >= 4 is 48.2 Å². The third-order valence-corrected chi connectivity index (χ3v) is 25.7. The van der Waals surface area contributed by atoms with Crippen LogP contribution in [0, 0.1) is 17.3 Å². The molecule has 2 aromatic heterocycles. The summed E-state index contributed by atoms with van der Waals surface area (Å²) in [5.41, 5.74) is 12.0. The van der Waals surface area contributed by atoms with Crippen LogP contribution in [0.2, 0.25) is 0 Å². The molecule has 718 valence electrons. The number of methoxy groups -OCH3 is 1. The Morgan fingerprint density at radius 2 is 0.838 bits per heavy atom. The van der Waals surface area contributed by atoms with Crippen LogP contribution in [0.4, 0.5) is 24.0 Å².